The Bertz CT molecular complexity index is 416. The van der Waals surface area contributed by atoms with Gasteiger partial charge in [0.25, 0.3) is 0 Å². The van der Waals surface area contributed by atoms with Gasteiger partial charge in [0.05, 0.1) is 19.8 Å². The highest BCUT2D eigenvalue weighted by atomic mass is 16.5. The molecule has 8 heteroatoms. The molecule has 1 aliphatic heterocycles. The van der Waals surface area contributed by atoms with E-state index < -0.39 is 6.04 Å². The number of anilines is 1. The molecule has 0 aromatic carbocycles. The van der Waals surface area contributed by atoms with E-state index in [0.717, 1.165) is 0 Å². The van der Waals surface area contributed by atoms with Crippen molar-refractivity contribution in [3.63, 3.8) is 0 Å². The van der Waals surface area contributed by atoms with Gasteiger partial charge in [-0.15, -0.1) is 5.10 Å². The van der Waals surface area contributed by atoms with E-state index in [1.54, 1.807) is 18.9 Å². The Kier molecular flexibility index (Phi) is 4.69. The van der Waals surface area contributed by atoms with E-state index in [2.05, 4.69) is 20.8 Å². The van der Waals surface area contributed by atoms with Crippen LogP contribution in [0, 0.1) is 0 Å². The minimum atomic E-state index is -0.402. The molecule has 106 valence electrons. The average molecular weight is 269 g/mol. The molecule has 0 spiro atoms. The van der Waals surface area contributed by atoms with Crippen LogP contribution in [-0.2, 0) is 16.1 Å². The molecule has 1 aromatic heterocycles. The first-order valence-electron chi connectivity index (χ1n) is 6.30. The molecule has 1 atom stereocenters. The largest absolute Gasteiger partial charge is 0.407 e. The van der Waals surface area contributed by atoms with Crippen LogP contribution in [0.15, 0.2) is 4.42 Å². The molecule has 1 saturated heterocycles. The predicted octanol–water partition coefficient (Wildman–Crippen LogP) is -0.552. The average Bonchev–Trinajstić information content (AvgIpc) is 2.86. The van der Waals surface area contributed by atoms with E-state index in [1.165, 1.54) is 0 Å². The molecule has 2 N–H and O–H groups in total. The number of carbonyl (C=O) groups excluding carboxylic acids is 1. The Hall–Kier alpha value is -1.67. The maximum absolute atomic E-state index is 12.1. The van der Waals surface area contributed by atoms with E-state index >= 15 is 0 Å². The minimum absolute atomic E-state index is 0.0108. The third-order valence-electron chi connectivity index (χ3n) is 2.83. The molecule has 0 aliphatic carbocycles. The van der Waals surface area contributed by atoms with Gasteiger partial charge < -0.3 is 24.7 Å². The minimum Gasteiger partial charge on any atom is -0.407 e. The number of aromatic nitrogens is 2. The number of nitrogens with zero attached hydrogens (tertiary/aromatic N) is 3. The smallest absolute Gasteiger partial charge is 0.316 e. The third kappa shape index (κ3) is 3.65. The van der Waals surface area contributed by atoms with Gasteiger partial charge in [-0.25, -0.2) is 0 Å². The zero-order chi connectivity index (χ0) is 13.7. The van der Waals surface area contributed by atoms with Crippen molar-refractivity contribution in [3.05, 3.63) is 5.89 Å². The molecular formula is C11H19N5O3. The van der Waals surface area contributed by atoms with Crippen molar-refractivity contribution in [3.8, 4) is 0 Å². The van der Waals surface area contributed by atoms with Gasteiger partial charge >= 0.3 is 6.01 Å². The number of ether oxygens (including phenoxy) is 1. The second-order valence-corrected chi connectivity index (χ2v) is 4.33. The van der Waals surface area contributed by atoms with Crippen LogP contribution in [0.1, 0.15) is 12.8 Å². The first-order chi connectivity index (χ1) is 9.20. The van der Waals surface area contributed by atoms with Gasteiger partial charge in [0.1, 0.15) is 6.04 Å². The van der Waals surface area contributed by atoms with Crippen molar-refractivity contribution in [2.45, 2.75) is 19.5 Å². The second kappa shape index (κ2) is 6.48. The molecule has 1 fully saturated rings. The van der Waals surface area contributed by atoms with Gasteiger partial charge in [0.15, 0.2) is 0 Å². The van der Waals surface area contributed by atoms with Crippen LogP contribution in [0.4, 0.5) is 6.01 Å². The summed E-state index contributed by atoms with van der Waals surface area (Å²) in [6, 6.07) is -0.139. The topological polar surface area (TPSA) is 92.5 Å². The summed E-state index contributed by atoms with van der Waals surface area (Å²) in [5.74, 6) is 0.493. The lowest BCUT2D eigenvalue weighted by atomic mass is 10.2. The standard InChI is InChI=1S/C11H19N5O3/c1-8(10(17)16-3-5-18-6-4-16)13-11-15-14-9(19-11)7-12-2/h8,12H,3-7H2,1-2H3,(H,13,15). The van der Waals surface area contributed by atoms with Crippen LogP contribution in [0.2, 0.25) is 0 Å². The Morgan fingerprint density at radius 2 is 2.16 bits per heavy atom. The molecule has 0 bridgehead atoms. The summed E-state index contributed by atoms with van der Waals surface area (Å²) in [5, 5.41) is 13.5. The molecule has 1 amide bonds. The molecule has 1 unspecified atom stereocenters. The van der Waals surface area contributed by atoms with Gasteiger partial charge in [-0.05, 0) is 14.0 Å². The maximum Gasteiger partial charge on any atom is 0.316 e. The molecule has 0 saturated carbocycles. The summed E-state index contributed by atoms with van der Waals surface area (Å²) in [5.41, 5.74) is 0. The van der Waals surface area contributed by atoms with Crippen LogP contribution in [0.25, 0.3) is 0 Å². The molecule has 0 radical (unpaired) electrons. The quantitative estimate of drug-likeness (QED) is 0.740. The number of nitrogens with one attached hydrogen (secondary N) is 2. The number of carbonyl (C=O) groups is 1. The Morgan fingerprint density at radius 1 is 1.42 bits per heavy atom. The zero-order valence-corrected chi connectivity index (χ0v) is 11.2. The maximum atomic E-state index is 12.1. The normalized spacial score (nSPS) is 17.3. The van der Waals surface area contributed by atoms with Crippen LogP contribution < -0.4 is 10.6 Å². The fourth-order valence-corrected chi connectivity index (χ4v) is 1.84. The summed E-state index contributed by atoms with van der Waals surface area (Å²) < 4.78 is 10.6. The molecule has 2 rings (SSSR count). The van der Waals surface area contributed by atoms with Crippen LogP contribution in [0.3, 0.4) is 0 Å². The lowest BCUT2D eigenvalue weighted by Crippen LogP contribution is -2.47. The number of amides is 1. The molecular weight excluding hydrogens is 250 g/mol. The number of morpholine rings is 1. The Morgan fingerprint density at radius 3 is 2.84 bits per heavy atom. The first-order valence-corrected chi connectivity index (χ1v) is 6.30. The number of rotatable bonds is 5. The highest BCUT2D eigenvalue weighted by Crippen LogP contribution is 2.09. The first kappa shape index (κ1) is 13.8. The SMILES string of the molecule is CNCc1nnc(NC(C)C(=O)N2CCOCC2)o1. The molecule has 2 heterocycles. The summed E-state index contributed by atoms with van der Waals surface area (Å²) in [6.45, 7) is 4.70. The molecule has 1 aromatic rings. The summed E-state index contributed by atoms with van der Waals surface area (Å²) in [7, 11) is 1.79. The van der Waals surface area contributed by atoms with E-state index in [9.17, 15) is 4.79 Å². The molecule has 8 nitrogen and oxygen atoms in total. The Balaban J connectivity index is 1.88. The molecule has 19 heavy (non-hydrogen) atoms. The fraction of sp³-hybridized carbons (Fsp3) is 0.727. The fourth-order valence-electron chi connectivity index (χ4n) is 1.84. The van der Waals surface area contributed by atoms with Crippen molar-refractivity contribution in [1.82, 2.24) is 20.4 Å². The van der Waals surface area contributed by atoms with Crippen molar-refractivity contribution in [1.29, 1.82) is 0 Å². The van der Waals surface area contributed by atoms with Crippen LogP contribution in [-0.4, -0.2) is 60.4 Å². The van der Waals surface area contributed by atoms with Crippen molar-refractivity contribution in [2.75, 3.05) is 38.7 Å². The molecule has 1 aliphatic rings. The van der Waals surface area contributed by atoms with E-state index in [-0.39, 0.29) is 11.9 Å². The summed E-state index contributed by atoms with van der Waals surface area (Å²) >= 11 is 0. The second-order valence-electron chi connectivity index (χ2n) is 4.33. The monoisotopic (exact) mass is 269 g/mol. The van der Waals surface area contributed by atoms with E-state index in [0.29, 0.717) is 38.7 Å². The van der Waals surface area contributed by atoms with E-state index in [1.807, 2.05) is 0 Å². The Labute approximate surface area is 111 Å². The predicted molar refractivity (Wildman–Crippen MR) is 67.5 cm³/mol. The highest BCUT2D eigenvalue weighted by Gasteiger charge is 2.23. The third-order valence-corrected chi connectivity index (χ3v) is 2.83. The lowest BCUT2D eigenvalue weighted by molar-refractivity contribution is -0.135. The van der Waals surface area contributed by atoms with Gasteiger partial charge in [-0.2, -0.15) is 0 Å². The van der Waals surface area contributed by atoms with Gasteiger partial charge in [-0.3, -0.25) is 4.79 Å². The van der Waals surface area contributed by atoms with Crippen molar-refractivity contribution in [2.24, 2.45) is 0 Å². The van der Waals surface area contributed by atoms with E-state index in [4.69, 9.17) is 9.15 Å². The van der Waals surface area contributed by atoms with Gasteiger partial charge in [0.2, 0.25) is 11.8 Å². The summed E-state index contributed by atoms with van der Waals surface area (Å²) in [4.78, 5) is 13.9. The highest BCUT2D eigenvalue weighted by molar-refractivity contribution is 5.83. The van der Waals surface area contributed by atoms with Crippen molar-refractivity contribution >= 4 is 11.9 Å². The van der Waals surface area contributed by atoms with Crippen LogP contribution >= 0.6 is 0 Å². The van der Waals surface area contributed by atoms with Crippen LogP contribution in [0.5, 0.6) is 0 Å². The van der Waals surface area contributed by atoms with Gasteiger partial charge in [0, 0.05) is 13.1 Å². The number of hydrogen-bond donors (Lipinski definition) is 2. The zero-order valence-electron chi connectivity index (χ0n) is 11.2. The lowest BCUT2D eigenvalue weighted by Gasteiger charge is -2.29. The van der Waals surface area contributed by atoms with Crippen molar-refractivity contribution < 1.29 is 13.9 Å². The summed E-state index contributed by atoms with van der Waals surface area (Å²) in [6.07, 6.45) is 0. The van der Waals surface area contributed by atoms with Gasteiger partial charge in [-0.1, -0.05) is 5.10 Å². The number of hydrogen-bond acceptors (Lipinski definition) is 7.